The lowest BCUT2D eigenvalue weighted by molar-refractivity contribution is 0.239. The minimum Gasteiger partial charge on any atom is -0.491 e. The molecule has 3 heterocycles. The molecule has 1 aromatic carbocycles. The van der Waals surface area contributed by atoms with Gasteiger partial charge in [0.1, 0.15) is 11.6 Å². The SMILES string of the molecule is CCC(CCC/C=C/Cc1c(F)cccc1OC(C)C)n1cc(C2=Cc3c(-c4ccncc4)n[nH]c3CC2)cn1. The third-order valence-electron chi connectivity index (χ3n) is 7.45. The van der Waals surface area contributed by atoms with Gasteiger partial charge in [0, 0.05) is 46.5 Å². The van der Waals surface area contributed by atoms with E-state index in [2.05, 4.69) is 51.2 Å². The number of nitrogens with zero attached hydrogens (tertiary/aromatic N) is 4. The monoisotopic (exact) mass is 539 g/mol. The second-order valence-corrected chi connectivity index (χ2v) is 10.6. The summed E-state index contributed by atoms with van der Waals surface area (Å²) in [6.45, 7) is 6.13. The smallest absolute Gasteiger partial charge is 0.130 e. The molecule has 0 radical (unpaired) electrons. The molecule has 0 amide bonds. The lowest BCUT2D eigenvalue weighted by atomic mass is 9.92. The van der Waals surface area contributed by atoms with Gasteiger partial charge in [-0.25, -0.2) is 4.39 Å². The number of pyridine rings is 1. The second kappa shape index (κ2) is 12.9. The number of aromatic nitrogens is 5. The fraction of sp³-hybridized carbons (Fsp3) is 0.364. The Balaban J connectivity index is 1.18. The molecule has 0 bridgehead atoms. The topological polar surface area (TPSA) is 68.6 Å². The lowest BCUT2D eigenvalue weighted by Crippen LogP contribution is -2.08. The van der Waals surface area contributed by atoms with Crippen molar-refractivity contribution in [1.82, 2.24) is 25.0 Å². The van der Waals surface area contributed by atoms with Gasteiger partial charge >= 0.3 is 0 Å². The van der Waals surface area contributed by atoms with E-state index in [9.17, 15) is 4.39 Å². The van der Waals surface area contributed by atoms with E-state index in [1.165, 1.54) is 22.9 Å². The first-order valence-electron chi connectivity index (χ1n) is 14.3. The molecule has 208 valence electrons. The van der Waals surface area contributed by atoms with Crippen molar-refractivity contribution in [3.63, 3.8) is 0 Å². The zero-order valence-corrected chi connectivity index (χ0v) is 23.6. The Morgan fingerprint density at radius 3 is 2.75 bits per heavy atom. The lowest BCUT2D eigenvalue weighted by Gasteiger charge is -2.16. The van der Waals surface area contributed by atoms with Crippen molar-refractivity contribution in [2.45, 2.75) is 77.9 Å². The largest absolute Gasteiger partial charge is 0.491 e. The van der Waals surface area contributed by atoms with Gasteiger partial charge < -0.3 is 4.74 Å². The van der Waals surface area contributed by atoms with Crippen molar-refractivity contribution in [1.29, 1.82) is 0 Å². The molecule has 4 aromatic rings. The van der Waals surface area contributed by atoms with Gasteiger partial charge in [0.05, 0.1) is 24.0 Å². The van der Waals surface area contributed by atoms with Crippen LogP contribution < -0.4 is 4.74 Å². The number of nitrogens with one attached hydrogen (secondary N) is 1. The number of allylic oxidation sites excluding steroid dienone is 3. The highest BCUT2D eigenvalue weighted by Crippen LogP contribution is 2.35. The van der Waals surface area contributed by atoms with Crippen LogP contribution in [0.25, 0.3) is 22.9 Å². The van der Waals surface area contributed by atoms with Crippen LogP contribution in [-0.2, 0) is 12.8 Å². The summed E-state index contributed by atoms with van der Waals surface area (Å²) in [5.74, 6) is 0.417. The molecular weight excluding hydrogens is 501 g/mol. The van der Waals surface area contributed by atoms with Crippen LogP contribution in [0.2, 0.25) is 0 Å². The third kappa shape index (κ3) is 6.41. The van der Waals surface area contributed by atoms with Crippen molar-refractivity contribution in [3.05, 3.63) is 95.5 Å². The number of hydrogen-bond donors (Lipinski definition) is 1. The molecule has 0 fully saturated rings. The minimum absolute atomic E-state index is 0.0142. The van der Waals surface area contributed by atoms with Crippen LogP contribution in [0, 0.1) is 5.82 Å². The summed E-state index contributed by atoms with van der Waals surface area (Å²) in [6.07, 6.45) is 20.8. The molecule has 0 saturated carbocycles. The molecule has 1 N–H and O–H groups in total. The predicted octanol–water partition coefficient (Wildman–Crippen LogP) is 8.00. The number of hydrogen-bond acceptors (Lipinski definition) is 4. The maximum atomic E-state index is 14.4. The van der Waals surface area contributed by atoms with E-state index < -0.39 is 0 Å². The number of halogens is 1. The maximum Gasteiger partial charge on any atom is 0.130 e. The van der Waals surface area contributed by atoms with Gasteiger partial charge in [-0.2, -0.15) is 10.2 Å². The van der Waals surface area contributed by atoms with Gasteiger partial charge in [-0.05, 0) is 94.7 Å². The fourth-order valence-corrected chi connectivity index (χ4v) is 5.32. The average Bonchev–Trinajstić information content (AvgIpc) is 3.61. The molecule has 0 saturated heterocycles. The number of fused-ring (bicyclic) bond motifs is 1. The summed E-state index contributed by atoms with van der Waals surface area (Å²) in [4.78, 5) is 4.13. The van der Waals surface area contributed by atoms with Gasteiger partial charge in [0.2, 0.25) is 0 Å². The van der Waals surface area contributed by atoms with Crippen LogP contribution in [0.5, 0.6) is 5.75 Å². The van der Waals surface area contributed by atoms with Crippen LogP contribution in [0.4, 0.5) is 4.39 Å². The van der Waals surface area contributed by atoms with Crippen molar-refractivity contribution in [2.75, 3.05) is 0 Å². The number of benzene rings is 1. The number of aromatic amines is 1. The zero-order valence-electron chi connectivity index (χ0n) is 23.6. The van der Waals surface area contributed by atoms with E-state index in [1.54, 1.807) is 18.5 Å². The van der Waals surface area contributed by atoms with Crippen LogP contribution >= 0.6 is 0 Å². The molecule has 5 rings (SSSR count). The molecule has 1 unspecified atom stereocenters. The fourth-order valence-electron chi connectivity index (χ4n) is 5.32. The van der Waals surface area contributed by atoms with Crippen molar-refractivity contribution >= 4 is 11.6 Å². The van der Waals surface area contributed by atoms with E-state index in [-0.39, 0.29) is 11.9 Å². The van der Waals surface area contributed by atoms with E-state index >= 15 is 0 Å². The normalized spacial score (nSPS) is 14.0. The molecule has 0 spiro atoms. The van der Waals surface area contributed by atoms with Crippen molar-refractivity contribution in [2.24, 2.45) is 0 Å². The van der Waals surface area contributed by atoms with Gasteiger partial charge in [-0.15, -0.1) is 0 Å². The molecule has 7 heteroatoms. The summed E-state index contributed by atoms with van der Waals surface area (Å²) in [5.41, 5.74) is 7.48. The highest BCUT2D eigenvalue weighted by Gasteiger charge is 2.20. The minimum atomic E-state index is -0.214. The Kier molecular flexibility index (Phi) is 8.89. The highest BCUT2D eigenvalue weighted by molar-refractivity contribution is 5.88. The molecular formula is C33H38FN5O. The standard InChI is InChI=1S/C33H38FN5O/c1-4-27(10-7-5-6-8-11-28-30(34)12-9-13-32(28)40-23(2)3)39-22-26(21-36-39)25-14-15-31-29(20-25)33(38-37-31)24-16-18-35-19-17-24/h6,8-9,12-13,16-23,27H,4-5,7,10-11,14-15H2,1-3H3,(H,37,38)/b8-6+. The summed E-state index contributed by atoms with van der Waals surface area (Å²) in [6, 6.07) is 9.38. The van der Waals surface area contributed by atoms with Gasteiger partial charge in [-0.3, -0.25) is 14.8 Å². The molecule has 1 atom stereocenters. The number of rotatable bonds is 12. The Morgan fingerprint density at radius 2 is 1.95 bits per heavy atom. The van der Waals surface area contributed by atoms with Crippen LogP contribution in [0.15, 0.2) is 67.3 Å². The van der Waals surface area contributed by atoms with Crippen LogP contribution in [0.3, 0.4) is 0 Å². The Labute approximate surface area is 236 Å². The predicted molar refractivity (Wildman–Crippen MR) is 158 cm³/mol. The van der Waals surface area contributed by atoms with Gasteiger partial charge in [-0.1, -0.05) is 25.1 Å². The quantitative estimate of drug-likeness (QED) is 0.146. The Bertz CT molecular complexity index is 1470. The number of H-pyrrole nitrogens is 1. The average molecular weight is 540 g/mol. The zero-order chi connectivity index (χ0) is 27.9. The molecule has 6 nitrogen and oxygen atoms in total. The number of unbranched alkanes of at least 4 members (excludes halogenated alkanes) is 1. The van der Waals surface area contributed by atoms with E-state index in [0.717, 1.165) is 55.3 Å². The van der Waals surface area contributed by atoms with E-state index in [1.807, 2.05) is 38.2 Å². The molecule has 1 aliphatic carbocycles. The van der Waals surface area contributed by atoms with Crippen LogP contribution in [-0.4, -0.2) is 31.1 Å². The van der Waals surface area contributed by atoms with Crippen molar-refractivity contribution < 1.29 is 9.13 Å². The molecule has 0 aliphatic heterocycles. The van der Waals surface area contributed by atoms with Crippen molar-refractivity contribution in [3.8, 4) is 17.0 Å². The van der Waals surface area contributed by atoms with Gasteiger partial charge in [0.25, 0.3) is 0 Å². The van der Waals surface area contributed by atoms with Gasteiger partial charge in [0.15, 0.2) is 0 Å². The first-order valence-corrected chi connectivity index (χ1v) is 14.3. The molecule has 40 heavy (non-hydrogen) atoms. The molecule has 1 aliphatic rings. The summed E-state index contributed by atoms with van der Waals surface area (Å²) < 4.78 is 22.3. The maximum absolute atomic E-state index is 14.4. The Hall–Kier alpha value is -4.00. The number of aryl methyl sites for hydroxylation is 1. The van der Waals surface area contributed by atoms with E-state index in [4.69, 9.17) is 9.84 Å². The second-order valence-electron chi connectivity index (χ2n) is 10.6. The van der Waals surface area contributed by atoms with Crippen LogP contribution in [0.1, 0.15) is 81.3 Å². The molecule has 3 aromatic heterocycles. The highest BCUT2D eigenvalue weighted by atomic mass is 19.1. The Morgan fingerprint density at radius 1 is 1.10 bits per heavy atom. The summed E-state index contributed by atoms with van der Waals surface area (Å²) >= 11 is 0. The first kappa shape index (κ1) is 27.6. The first-order chi connectivity index (χ1) is 19.5. The summed E-state index contributed by atoms with van der Waals surface area (Å²) in [7, 11) is 0. The third-order valence-corrected chi connectivity index (χ3v) is 7.45. The summed E-state index contributed by atoms with van der Waals surface area (Å²) in [5, 5.41) is 12.6. The number of ether oxygens (including phenoxy) is 1. The van der Waals surface area contributed by atoms with E-state index in [0.29, 0.717) is 23.8 Å².